The van der Waals surface area contributed by atoms with Gasteiger partial charge in [-0.15, -0.1) is 0 Å². The van der Waals surface area contributed by atoms with Gasteiger partial charge in [-0.1, -0.05) is 12.1 Å². The number of hydrogen-bond acceptors (Lipinski definition) is 4. The number of carbonyl (C=O) groups is 3. The van der Waals surface area contributed by atoms with Gasteiger partial charge in [0.15, 0.2) is 0 Å². The molecule has 0 bridgehead atoms. The molecule has 0 spiro atoms. The van der Waals surface area contributed by atoms with E-state index < -0.39 is 0 Å². The molecule has 1 fully saturated rings. The number of nitrogens with zero attached hydrogens (tertiary/aromatic N) is 2. The van der Waals surface area contributed by atoms with Crippen molar-refractivity contribution in [2.24, 2.45) is 0 Å². The van der Waals surface area contributed by atoms with Crippen molar-refractivity contribution in [3.63, 3.8) is 0 Å². The number of amides is 3. The summed E-state index contributed by atoms with van der Waals surface area (Å²) in [5.41, 5.74) is 0.901. The Labute approximate surface area is 154 Å². The first kappa shape index (κ1) is 19.8. The molecule has 1 N–H and O–H groups in total. The quantitative estimate of drug-likeness (QED) is 0.780. The average molecular weight is 361 g/mol. The summed E-state index contributed by atoms with van der Waals surface area (Å²) < 4.78 is 5.37. The van der Waals surface area contributed by atoms with Crippen molar-refractivity contribution in [2.45, 2.75) is 26.7 Å². The van der Waals surface area contributed by atoms with Crippen LogP contribution in [0, 0.1) is 0 Å². The van der Waals surface area contributed by atoms with Crippen molar-refractivity contribution in [3.05, 3.63) is 29.8 Å². The topological polar surface area (TPSA) is 79.0 Å². The van der Waals surface area contributed by atoms with Crippen molar-refractivity contribution < 1.29 is 19.1 Å². The number of piperazine rings is 1. The molecule has 7 nitrogen and oxygen atoms in total. The predicted molar refractivity (Wildman–Crippen MR) is 97.8 cm³/mol. The van der Waals surface area contributed by atoms with E-state index >= 15 is 0 Å². The molecule has 0 radical (unpaired) electrons. The third kappa shape index (κ3) is 6.06. The van der Waals surface area contributed by atoms with Crippen LogP contribution in [0.1, 0.15) is 25.8 Å². The Hall–Kier alpha value is -2.57. The van der Waals surface area contributed by atoms with Crippen LogP contribution in [0.25, 0.3) is 0 Å². The van der Waals surface area contributed by atoms with E-state index in [-0.39, 0.29) is 30.6 Å². The minimum Gasteiger partial charge on any atom is -0.494 e. The Balaban J connectivity index is 1.66. The summed E-state index contributed by atoms with van der Waals surface area (Å²) in [4.78, 5) is 38.9. The summed E-state index contributed by atoms with van der Waals surface area (Å²) in [5.74, 6) is 0.726. The zero-order valence-corrected chi connectivity index (χ0v) is 15.5. The zero-order valence-electron chi connectivity index (χ0n) is 15.5. The molecule has 0 saturated carbocycles. The fourth-order valence-corrected chi connectivity index (χ4v) is 2.86. The first-order chi connectivity index (χ1) is 12.5. The summed E-state index contributed by atoms with van der Waals surface area (Å²) in [7, 11) is 0. The predicted octanol–water partition coefficient (Wildman–Crippen LogP) is 0.825. The van der Waals surface area contributed by atoms with Gasteiger partial charge in [0.25, 0.3) is 0 Å². The monoisotopic (exact) mass is 361 g/mol. The lowest BCUT2D eigenvalue weighted by Crippen LogP contribution is -2.50. The van der Waals surface area contributed by atoms with Gasteiger partial charge < -0.3 is 19.9 Å². The second-order valence-corrected chi connectivity index (χ2v) is 6.24. The smallest absolute Gasteiger partial charge is 0.224 e. The van der Waals surface area contributed by atoms with E-state index in [4.69, 9.17) is 4.74 Å². The molecule has 7 heteroatoms. The fraction of sp³-hybridized carbons (Fsp3) is 0.526. The Kier molecular flexibility index (Phi) is 7.44. The fourth-order valence-electron chi connectivity index (χ4n) is 2.86. The number of hydrogen-bond donors (Lipinski definition) is 1. The van der Waals surface area contributed by atoms with Gasteiger partial charge in [-0.25, -0.2) is 0 Å². The van der Waals surface area contributed by atoms with Crippen LogP contribution in [0.4, 0.5) is 0 Å². The largest absolute Gasteiger partial charge is 0.494 e. The molecular formula is C19H27N3O4. The van der Waals surface area contributed by atoms with Gasteiger partial charge >= 0.3 is 0 Å². The van der Waals surface area contributed by atoms with Crippen LogP contribution in [0.2, 0.25) is 0 Å². The van der Waals surface area contributed by atoms with Crippen molar-refractivity contribution >= 4 is 17.7 Å². The normalized spacial score (nSPS) is 14.1. The van der Waals surface area contributed by atoms with Crippen molar-refractivity contribution in [1.82, 2.24) is 15.1 Å². The lowest BCUT2D eigenvalue weighted by molar-refractivity contribution is -0.138. The highest BCUT2D eigenvalue weighted by Gasteiger charge is 2.21. The Morgan fingerprint density at radius 1 is 1.04 bits per heavy atom. The number of carbonyl (C=O) groups excluding carboxylic acids is 3. The minimum atomic E-state index is -0.108. The molecule has 0 aromatic heterocycles. The third-order valence-corrected chi connectivity index (χ3v) is 4.34. The van der Waals surface area contributed by atoms with E-state index in [1.807, 2.05) is 31.2 Å². The highest BCUT2D eigenvalue weighted by atomic mass is 16.5. The van der Waals surface area contributed by atoms with Crippen molar-refractivity contribution in [2.75, 3.05) is 39.3 Å². The highest BCUT2D eigenvalue weighted by molar-refractivity contribution is 5.80. The number of nitrogens with one attached hydrogen (secondary N) is 1. The summed E-state index contributed by atoms with van der Waals surface area (Å²) in [6.07, 6.45) is 0.549. The second kappa shape index (κ2) is 9.79. The van der Waals surface area contributed by atoms with Gasteiger partial charge in [-0.2, -0.15) is 0 Å². The molecule has 26 heavy (non-hydrogen) atoms. The molecular weight excluding hydrogens is 334 g/mol. The summed E-state index contributed by atoms with van der Waals surface area (Å²) in [5, 5.41) is 2.79. The summed E-state index contributed by atoms with van der Waals surface area (Å²) in [6.45, 7) is 6.65. The van der Waals surface area contributed by atoms with Crippen LogP contribution in [-0.2, 0) is 20.8 Å². The maximum atomic E-state index is 12.2. The Morgan fingerprint density at radius 2 is 1.65 bits per heavy atom. The molecule has 1 aliphatic heterocycles. The van der Waals surface area contributed by atoms with Gasteiger partial charge in [-0.05, 0) is 24.6 Å². The molecule has 3 amide bonds. The number of ether oxygens (including phenoxy) is 1. The van der Waals surface area contributed by atoms with Gasteiger partial charge in [0.2, 0.25) is 17.7 Å². The van der Waals surface area contributed by atoms with Crippen LogP contribution >= 0.6 is 0 Å². The third-order valence-electron chi connectivity index (χ3n) is 4.34. The highest BCUT2D eigenvalue weighted by Crippen LogP contribution is 2.12. The van der Waals surface area contributed by atoms with Crippen LogP contribution in [-0.4, -0.2) is 66.9 Å². The number of rotatable bonds is 7. The molecule has 0 aliphatic carbocycles. The van der Waals surface area contributed by atoms with E-state index in [2.05, 4.69) is 5.32 Å². The first-order valence-electron chi connectivity index (χ1n) is 9.01. The number of benzene rings is 1. The van der Waals surface area contributed by atoms with Crippen molar-refractivity contribution in [3.8, 4) is 5.75 Å². The molecule has 2 rings (SSSR count). The van der Waals surface area contributed by atoms with Crippen LogP contribution < -0.4 is 10.1 Å². The van der Waals surface area contributed by atoms with Gasteiger partial charge in [0.05, 0.1) is 13.0 Å². The minimum absolute atomic E-state index is 0.00886. The molecule has 1 heterocycles. The molecule has 1 aromatic carbocycles. The molecule has 1 saturated heterocycles. The molecule has 142 valence electrons. The van der Waals surface area contributed by atoms with E-state index in [1.54, 1.807) is 9.80 Å². The van der Waals surface area contributed by atoms with E-state index in [9.17, 15) is 14.4 Å². The van der Waals surface area contributed by atoms with Crippen LogP contribution in [0.3, 0.4) is 0 Å². The first-order valence-corrected chi connectivity index (χ1v) is 9.01. The van der Waals surface area contributed by atoms with Crippen molar-refractivity contribution in [1.29, 1.82) is 0 Å². The molecule has 0 unspecified atom stereocenters. The van der Waals surface area contributed by atoms with Gasteiger partial charge in [-0.3, -0.25) is 14.4 Å². The van der Waals surface area contributed by atoms with Crippen LogP contribution in [0.15, 0.2) is 24.3 Å². The SMILES string of the molecule is CCOc1ccc(CC(=O)NCCC(=O)N2CCN(C(C)=O)CC2)cc1. The maximum Gasteiger partial charge on any atom is 0.224 e. The van der Waals surface area contributed by atoms with Gasteiger partial charge in [0, 0.05) is 46.1 Å². The lowest BCUT2D eigenvalue weighted by Gasteiger charge is -2.34. The summed E-state index contributed by atoms with van der Waals surface area (Å²) in [6, 6.07) is 7.42. The summed E-state index contributed by atoms with van der Waals surface area (Å²) >= 11 is 0. The molecule has 0 atom stereocenters. The molecule has 1 aliphatic rings. The standard InChI is InChI=1S/C19H27N3O4/c1-3-26-17-6-4-16(5-7-17)14-18(24)20-9-8-19(25)22-12-10-21(11-13-22)15(2)23/h4-7H,3,8-14H2,1-2H3,(H,20,24). The Bertz CT molecular complexity index is 622. The van der Waals surface area contributed by atoms with Crippen LogP contribution in [0.5, 0.6) is 5.75 Å². The average Bonchev–Trinajstić information content (AvgIpc) is 2.63. The zero-order chi connectivity index (χ0) is 18.9. The van der Waals surface area contributed by atoms with E-state index in [1.165, 1.54) is 6.92 Å². The van der Waals surface area contributed by atoms with E-state index in [0.717, 1.165) is 11.3 Å². The van der Waals surface area contributed by atoms with E-state index in [0.29, 0.717) is 39.3 Å². The Morgan fingerprint density at radius 3 is 2.23 bits per heavy atom. The lowest BCUT2D eigenvalue weighted by atomic mass is 10.1. The maximum absolute atomic E-state index is 12.2. The second-order valence-electron chi connectivity index (χ2n) is 6.24. The molecule has 1 aromatic rings. The van der Waals surface area contributed by atoms with Gasteiger partial charge in [0.1, 0.15) is 5.75 Å².